The normalized spacial score (nSPS) is 22.1. The third kappa shape index (κ3) is 3.08. The summed E-state index contributed by atoms with van der Waals surface area (Å²) in [6, 6.07) is 14.2. The van der Waals surface area contributed by atoms with Gasteiger partial charge in [-0.25, -0.2) is 0 Å². The van der Waals surface area contributed by atoms with Crippen molar-refractivity contribution in [3.8, 4) is 0 Å². The SMILES string of the molecule is NC[C@H]1CC[C@H](C(=O)Nc2cccc3ccccc23)CC1. The smallest absolute Gasteiger partial charge is 0.227 e. The van der Waals surface area contributed by atoms with Crippen molar-refractivity contribution < 1.29 is 4.79 Å². The summed E-state index contributed by atoms with van der Waals surface area (Å²) in [7, 11) is 0. The van der Waals surface area contributed by atoms with E-state index in [1.165, 1.54) is 0 Å². The van der Waals surface area contributed by atoms with Crippen LogP contribution in [-0.4, -0.2) is 12.5 Å². The molecule has 21 heavy (non-hydrogen) atoms. The van der Waals surface area contributed by atoms with Crippen LogP contribution in [0.3, 0.4) is 0 Å². The quantitative estimate of drug-likeness (QED) is 0.904. The lowest BCUT2D eigenvalue weighted by atomic mass is 9.81. The second-order valence-corrected chi connectivity index (χ2v) is 5.97. The zero-order chi connectivity index (χ0) is 14.7. The number of hydrogen-bond donors (Lipinski definition) is 2. The van der Waals surface area contributed by atoms with E-state index in [-0.39, 0.29) is 11.8 Å². The van der Waals surface area contributed by atoms with Crippen LogP contribution >= 0.6 is 0 Å². The van der Waals surface area contributed by atoms with Gasteiger partial charge in [-0.15, -0.1) is 0 Å². The number of carbonyl (C=O) groups excluding carboxylic acids is 1. The summed E-state index contributed by atoms with van der Waals surface area (Å²) in [4.78, 5) is 12.5. The van der Waals surface area contributed by atoms with E-state index in [2.05, 4.69) is 23.5 Å². The number of nitrogens with one attached hydrogen (secondary N) is 1. The van der Waals surface area contributed by atoms with Crippen LogP contribution in [0.4, 0.5) is 5.69 Å². The molecule has 1 saturated carbocycles. The second-order valence-electron chi connectivity index (χ2n) is 5.97. The number of rotatable bonds is 3. The van der Waals surface area contributed by atoms with Gasteiger partial charge < -0.3 is 11.1 Å². The summed E-state index contributed by atoms with van der Waals surface area (Å²) in [5, 5.41) is 5.37. The fourth-order valence-corrected chi connectivity index (χ4v) is 3.23. The Labute approximate surface area is 125 Å². The highest BCUT2D eigenvalue weighted by atomic mass is 16.1. The van der Waals surface area contributed by atoms with Crippen LogP contribution in [0.5, 0.6) is 0 Å². The predicted octanol–water partition coefficient (Wildman–Crippen LogP) is 3.54. The van der Waals surface area contributed by atoms with Crippen molar-refractivity contribution in [2.75, 3.05) is 11.9 Å². The summed E-state index contributed by atoms with van der Waals surface area (Å²) < 4.78 is 0. The zero-order valence-electron chi connectivity index (χ0n) is 12.2. The van der Waals surface area contributed by atoms with Crippen LogP contribution in [0.15, 0.2) is 42.5 Å². The molecule has 0 aliphatic heterocycles. The molecule has 0 saturated heterocycles. The Morgan fingerprint density at radius 1 is 1.05 bits per heavy atom. The molecule has 1 amide bonds. The maximum Gasteiger partial charge on any atom is 0.227 e. The van der Waals surface area contributed by atoms with Gasteiger partial charge in [0.05, 0.1) is 0 Å². The topological polar surface area (TPSA) is 55.1 Å². The molecule has 2 aromatic carbocycles. The van der Waals surface area contributed by atoms with Crippen LogP contribution in [0.25, 0.3) is 10.8 Å². The standard InChI is InChI=1S/C18H22N2O/c19-12-13-8-10-15(11-9-13)18(21)20-17-7-3-5-14-4-1-2-6-16(14)17/h1-7,13,15H,8-12,19H2,(H,20,21)/t13-,15-. The number of nitrogens with two attached hydrogens (primary N) is 1. The fourth-order valence-electron chi connectivity index (χ4n) is 3.23. The molecule has 0 radical (unpaired) electrons. The minimum absolute atomic E-state index is 0.131. The van der Waals surface area contributed by atoms with Crippen LogP contribution in [-0.2, 0) is 4.79 Å². The zero-order valence-corrected chi connectivity index (χ0v) is 12.2. The van der Waals surface area contributed by atoms with Crippen molar-refractivity contribution in [3.05, 3.63) is 42.5 Å². The van der Waals surface area contributed by atoms with Gasteiger partial charge in [-0.1, -0.05) is 36.4 Å². The molecule has 3 heteroatoms. The Balaban J connectivity index is 1.72. The molecule has 3 rings (SSSR count). The Morgan fingerprint density at radius 3 is 2.52 bits per heavy atom. The van der Waals surface area contributed by atoms with Crippen molar-refractivity contribution in [2.24, 2.45) is 17.6 Å². The lowest BCUT2D eigenvalue weighted by Crippen LogP contribution is -2.29. The molecule has 0 unspecified atom stereocenters. The van der Waals surface area contributed by atoms with Crippen LogP contribution in [0.1, 0.15) is 25.7 Å². The maximum absolute atomic E-state index is 12.5. The second kappa shape index (κ2) is 6.27. The lowest BCUT2D eigenvalue weighted by molar-refractivity contribution is -0.121. The summed E-state index contributed by atoms with van der Waals surface area (Å²) >= 11 is 0. The van der Waals surface area contributed by atoms with Gasteiger partial charge in [-0.05, 0) is 49.6 Å². The van der Waals surface area contributed by atoms with Crippen LogP contribution in [0, 0.1) is 11.8 Å². The van der Waals surface area contributed by atoms with Gasteiger partial charge in [0.25, 0.3) is 0 Å². The Kier molecular flexibility index (Phi) is 4.20. The van der Waals surface area contributed by atoms with E-state index in [4.69, 9.17) is 5.73 Å². The van der Waals surface area contributed by atoms with Gasteiger partial charge in [-0.2, -0.15) is 0 Å². The number of benzene rings is 2. The monoisotopic (exact) mass is 282 g/mol. The van der Waals surface area contributed by atoms with E-state index in [0.29, 0.717) is 5.92 Å². The van der Waals surface area contributed by atoms with Gasteiger partial charge >= 0.3 is 0 Å². The molecule has 0 atom stereocenters. The minimum atomic E-state index is 0.131. The predicted molar refractivity (Wildman–Crippen MR) is 87.1 cm³/mol. The molecule has 1 aliphatic rings. The molecule has 3 N–H and O–H groups in total. The fraction of sp³-hybridized carbons (Fsp3) is 0.389. The van der Waals surface area contributed by atoms with Crippen molar-refractivity contribution >= 4 is 22.4 Å². The Morgan fingerprint density at radius 2 is 1.76 bits per heavy atom. The highest BCUT2D eigenvalue weighted by Crippen LogP contribution is 2.30. The van der Waals surface area contributed by atoms with E-state index in [1.807, 2.05) is 24.3 Å². The molecule has 0 aromatic heterocycles. The molecule has 1 fully saturated rings. The average Bonchev–Trinajstić information content (AvgIpc) is 2.55. The van der Waals surface area contributed by atoms with E-state index in [1.54, 1.807) is 0 Å². The van der Waals surface area contributed by atoms with Crippen molar-refractivity contribution in [2.45, 2.75) is 25.7 Å². The first kappa shape index (κ1) is 14.1. The molecular formula is C18H22N2O. The first-order chi connectivity index (χ1) is 10.3. The minimum Gasteiger partial charge on any atom is -0.330 e. The molecule has 0 spiro atoms. The molecule has 0 bridgehead atoms. The largest absolute Gasteiger partial charge is 0.330 e. The molecule has 1 aliphatic carbocycles. The first-order valence-electron chi connectivity index (χ1n) is 7.76. The lowest BCUT2D eigenvalue weighted by Gasteiger charge is -2.26. The third-order valence-corrected chi connectivity index (χ3v) is 4.60. The molecule has 110 valence electrons. The average molecular weight is 282 g/mol. The highest BCUT2D eigenvalue weighted by Gasteiger charge is 2.25. The van der Waals surface area contributed by atoms with E-state index < -0.39 is 0 Å². The van der Waals surface area contributed by atoms with E-state index >= 15 is 0 Å². The van der Waals surface area contributed by atoms with E-state index in [0.717, 1.165) is 48.7 Å². The van der Waals surface area contributed by atoms with Gasteiger partial charge in [-0.3, -0.25) is 4.79 Å². The molecule has 3 nitrogen and oxygen atoms in total. The molecule has 0 heterocycles. The number of carbonyl (C=O) groups is 1. The summed E-state index contributed by atoms with van der Waals surface area (Å²) in [5.74, 6) is 0.889. The number of anilines is 1. The summed E-state index contributed by atoms with van der Waals surface area (Å²) in [5.41, 5.74) is 6.63. The van der Waals surface area contributed by atoms with Crippen LogP contribution < -0.4 is 11.1 Å². The molecule has 2 aromatic rings. The third-order valence-electron chi connectivity index (χ3n) is 4.60. The van der Waals surface area contributed by atoms with Crippen molar-refractivity contribution in [3.63, 3.8) is 0 Å². The number of fused-ring (bicyclic) bond motifs is 1. The molecular weight excluding hydrogens is 260 g/mol. The van der Waals surface area contributed by atoms with Crippen molar-refractivity contribution in [1.29, 1.82) is 0 Å². The van der Waals surface area contributed by atoms with Crippen LogP contribution in [0.2, 0.25) is 0 Å². The van der Waals surface area contributed by atoms with E-state index in [9.17, 15) is 4.79 Å². The highest BCUT2D eigenvalue weighted by molar-refractivity contribution is 6.02. The number of hydrogen-bond acceptors (Lipinski definition) is 2. The number of amides is 1. The Bertz CT molecular complexity index is 625. The van der Waals surface area contributed by atoms with Crippen molar-refractivity contribution in [1.82, 2.24) is 0 Å². The van der Waals surface area contributed by atoms with Gasteiger partial charge in [0.1, 0.15) is 0 Å². The Hall–Kier alpha value is -1.87. The van der Waals surface area contributed by atoms with Gasteiger partial charge in [0, 0.05) is 17.0 Å². The maximum atomic E-state index is 12.5. The summed E-state index contributed by atoms with van der Waals surface area (Å²) in [6.45, 7) is 0.748. The van der Waals surface area contributed by atoms with Gasteiger partial charge in [0.15, 0.2) is 0 Å². The summed E-state index contributed by atoms with van der Waals surface area (Å²) in [6.07, 6.45) is 4.06. The van der Waals surface area contributed by atoms with Gasteiger partial charge in [0.2, 0.25) is 5.91 Å². The first-order valence-corrected chi connectivity index (χ1v) is 7.76.